The van der Waals surface area contributed by atoms with Gasteiger partial charge in [-0.25, -0.2) is 9.59 Å². The molecular formula is C12H12O6. The topological polar surface area (TPSA) is 78.9 Å². The van der Waals surface area contributed by atoms with Gasteiger partial charge in [0.15, 0.2) is 6.61 Å². The van der Waals surface area contributed by atoms with E-state index in [9.17, 15) is 14.4 Å². The van der Waals surface area contributed by atoms with Gasteiger partial charge in [0.25, 0.3) is 0 Å². The van der Waals surface area contributed by atoms with Crippen LogP contribution in [0.5, 0.6) is 5.75 Å². The maximum absolute atomic E-state index is 11.5. The van der Waals surface area contributed by atoms with E-state index < -0.39 is 11.9 Å². The zero-order valence-corrected chi connectivity index (χ0v) is 9.97. The summed E-state index contributed by atoms with van der Waals surface area (Å²) in [7, 11) is 2.43. The monoisotopic (exact) mass is 252 g/mol. The third kappa shape index (κ3) is 3.31. The SMILES string of the molecule is COC(=O)COc1ccc(C=O)cc1C(=O)OC. The predicted octanol–water partition coefficient (Wildman–Crippen LogP) is 0.837. The van der Waals surface area contributed by atoms with Crippen molar-refractivity contribution in [3.63, 3.8) is 0 Å². The minimum atomic E-state index is -0.654. The van der Waals surface area contributed by atoms with Gasteiger partial charge in [0.05, 0.1) is 14.2 Å². The molecule has 1 aromatic carbocycles. The molecule has 0 aliphatic carbocycles. The normalized spacial score (nSPS) is 9.44. The standard InChI is InChI=1S/C12H12O6/c1-16-11(14)7-18-10-4-3-8(6-13)5-9(10)12(15)17-2/h3-6H,7H2,1-2H3. The maximum Gasteiger partial charge on any atom is 0.343 e. The van der Waals surface area contributed by atoms with Crippen LogP contribution in [0.15, 0.2) is 18.2 Å². The number of esters is 2. The Bertz CT molecular complexity index is 466. The Morgan fingerprint density at radius 2 is 1.94 bits per heavy atom. The van der Waals surface area contributed by atoms with Crippen molar-refractivity contribution in [3.8, 4) is 5.75 Å². The van der Waals surface area contributed by atoms with Gasteiger partial charge in [-0.05, 0) is 18.2 Å². The Balaban J connectivity index is 2.98. The van der Waals surface area contributed by atoms with Crippen molar-refractivity contribution in [3.05, 3.63) is 29.3 Å². The molecule has 0 unspecified atom stereocenters. The van der Waals surface area contributed by atoms with Crippen molar-refractivity contribution in [1.82, 2.24) is 0 Å². The van der Waals surface area contributed by atoms with Gasteiger partial charge in [-0.1, -0.05) is 0 Å². The zero-order chi connectivity index (χ0) is 13.5. The summed E-state index contributed by atoms with van der Waals surface area (Å²) in [4.78, 5) is 33.0. The zero-order valence-electron chi connectivity index (χ0n) is 9.97. The molecular weight excluding hydrogens is 240 g/mol. The summed E-state index contributed by atoms with van der Waals surface area (Å²) < 4.78 is 14.1. The molecule has 96 valence electrons. The molecule has 0 saturated carbocycles. The van der Waals surface area contributed by atoms with Crippen molar-refractivity contribution >= 4 is 18.2 Å². The molecule has 0 atom stereocenters. The average Bonchev–Trinajstić information content (AvgIpc) is 2.43. The molecule has 0 radical (unpaired) electrons. The number of carbonyl (C=O) groups excluding carboxylic acids is 3. The summed E-state index contributed by atoms with van der Waals surface area (Å²) in [6.07, 6.45) is 0.594. The van der Waals surface area contributed by atoms with Gasteiger partial charge >= 0.3 is 11.9 Å². The number of aldehydes is 1. The Kier molecular flexibility index (Phi) is 4.86. The first-order valence-electron chi connectivity index (χ1n) is 4.99. The van der Waals surface area contributed by atoms with E-state index in [4.69, 9.17) is 4.74 Å². The fraction of sp³-hybridized carbons (Fsp3) is 0.250. The van der Waals surface area contributed by atoms with Crippen LogP contribution in [0.25, 0.3) is 0 Å². The minimum Gasteiger partial charge on any atom is -0.481 e. The van der Waals surface area contributed by atoms with Crippen molar-refractivity contribution < 1.29 is 28.6 Å². The fourth-order valence-corrected chi connectivity index (χ4v) is 1.21. The maximum atomic E-state index is 11.5. The van der Waals surface area contributed by atoms with Crippen LogP contribution in [0.3, 0.4) is 0 Å². The molecule has 0 N–H and O–H groups in total. The van der Waals surface area contributed by atoms with Crippen molar-refractivity contribution in [2.75, 3.05) is 20.8 Å². The smallest absolute Gasteiger partial charge is 0.343 e. The highest BCUT2D eigenvalue weighted by molar-refractivity contribution is 5.94. The summed E-state index contributed by atoms with van der Waals surface area (Å²) >= 11 is 0. The van der Waals surface area contributed by atoms with E-state index in [-0.39, 0.29) is 17.9 Å². The number of hydrogen-bond donors (Lipinski definition) is 0. The van der Waals surface area contributed by atoms with Crippen molar-refractivity contribution in [2.45, 2.75) is 0 Å². The third-order valence-corrected chi connectivity index (χ3v) is 2.12. The lowest BCUT2D eigenvalue weighted by Gasteiger charge is -2.09. The number of hydrogen-bond acceptors (Lipinski definition) is 6. The highest BCUT2D eigenvalue weighted by Gasteiger charge is 2.15. The summed E-state index contributed by atoms with van der Waals surface area (Å²) in [5.41, 5.74) is 0.381. The number of rotatable bonds is 5. The minimum absolute atomic E-state index is 0.0750. The summed E-state index contributed by atoms with van der Waals surface area (Å²) in [6, 6.07) is 4.20. The first-order valence-corrected chi connectivity index (χ1v) is 4.99. The van der Waals surface area contributed by atoms with Crippen LogP contribution in [0.4, 0.5) is 0 Å². The van der Waals surface area contributed by atoms with Gasteiger partial charge in [0.1, 0.15) is 17.6 Å². The van der Waals surface area contributed by atoms with Gasteiger partial charge < -0.3 is 14.2 Å². The van der Waals surface area contributed by atoms with Gasteiger partial charge in [-0.3, -0.25) is 4.79 Å². The van der Waals surface area contributed by atoms with Gasteiger partial charge in [-0.15, -0.1) is 0 Å². The van der Waals surface area contributed by atoms with Gasteiger partial charge in [-0.2, -0.15) is 0 Å². The predicted molar refractivity (Wildman–Crippen MR) is 60.7 cm³/mol. The lowest BCUT2D eigenvalue weighted by atomic mass is 10.1. The van der Waals surface area contributed by atoms with E-state index in [1.54, 1.807) is 0 Å². The van der Waals surface area contributed by atoms with E-state index in [0.29, 0.717) is 11.8 Å². The second-order valence-corrected chi connectivity index (χ2v) is 3.23. The highest BCUT2D eigenvalue weighted by atomic mass is 16.6. The summed E-state index contributed by atoms with van der Waals surface area (Å²) in [5.74, 6) is -1.08. The molecule has 0 fully saturated rings. The van der Waals surface area contributed by atoms with E-state index in [0.717, 1.165) is 0 Å². The van der Waals surface area contributed by atoms with Gasteiger partial charge in [0, 0.05) is 5.56 Å². The summed E-state index contributed by atoms with van der Waals surface area (Å²) in [5, 5.41) is 0. The second kappa shape index (κ2) is 6.39. The van der Waals surface area contributed by atoms with Gasteiger partial charge in [0.2, 0.25) is 0 Å². The van der Waals surface area contributed by atoms with E-state index in [1.807, 2.05) is 0 Å². The van der Waals surface area contributed by atoms with Crippen LogP contribution in [-0.4, -0.2) is 39.1 Å². The van der Waals surface area contributed by atoms with Crippen molar-refractivity contribution in [2.24, 2.45) is 0 Å². The molecule has 6 nitrogen and oxygen atoms in total. The Morgan fingerprint density at radius 1 is 1.22 bits per heavy atom. The van der Waals surface area contributed by atoms with Crippen LogP contribution < -0.4 is 4.74 Å². The first kappa shape index (κ1) is 13.7. The largest absolute Gasteiger partial charge is 0.481 e. The molecule has 0 bridgehead atoms. The molecule has 1 rings (SSSR count). The number of benzene rings is 1. The molecule has 0 heterocycles. The number of methoxy groups -OCH3 is 2. The molecule has 18 heavy (non-hydrogen) atoms. The molecule has 6 heteroatoms. The molecule has 0 saturated heterocycles. The molecule has 0 aromatic heterocycles. The second-order valence-electron chi connectivity index (χ2n) is 3.23. The van der Waals surface area contributed by atoms with Crippen LogP contribution in [0.1, 0.15) is 20.7 Å². The van der Waals surface area contributed by atoms with E-state index in [1.165, 1.54) is 32.4 Å². The van der Waals surface area contributed by atoms with Crippen LogP contribution in [0, 0.1) is 0 Å². The molecule has 0 amide bonds. The molecule has 0 aliphatic heterocycles. The number of ether oxygens (including phenoxy) is 3. The number of carbonyl (C=O) groups is 3. The lowest BCUT2D eigenvalue weighted by molar-refractivity contribution is -0.142. The average molecular weight is 252 g/mol. The third-order valence-electron chi connectivity index (χ3n) is 2.12. The Hall–Kier alpha value is -2.37. The molecule has 1 aromatic rings. The summed E-state index contributed by atoms with van der Waals surface area (Å²) in [6.45, 7) is -0.332. The van der Waals surface area contributed by atoms with Crippen LogP contribution in [0.2, 0.25) is 0 Å². The molecule has 0 spiro atoms. The molecule has 0 aliphatic rings. The van der Waals surface area contributed by atoms with Crippen LogP contribution in [-0.2, 0) is 14.3 Å². The van der Waals surface area contributed by atoms with Crippen molar-refractivity contribution in [1.29, 1.82) is 0 Å². The Morgan fingerprint density at radius 3 is 2.50 bits per heavy atom. The quantitative estimate of drug-likeness (QED) is 0.570. The van der Waals surface area contributed by atoms with Crippen LogP contribution >= 0.6 is 0 Å². The first-order chi connectivity index (χ1) is 8.62. The van der Waals surface area contributed by atoms with E-state index >= 15 is 0 Å². The highest BCUT2D eigenvalue weighted by Crippen LogP contribution is 2.20. The lowest BCUT2D eigenvalue weighted by Crippen LogP contribution is -2.15. The van der Waals surface area contributed by atoms with E-state index in [2.05, 4.69) is 9.47 Å². The fourth-order valence-electron chi connectivity index (χ4n) is 1.21. The Labute approximate surface area is 103 Å².